The van der Waals surface area contributed by atoms with Crippen LogP contribution in [0.1, 0.15) is 22.8 Å². The van der Waals surface area contributed by atoms with E-state index < -0.39 is 5.60 Å². The Balaban J connectivity index is 2.07. The molecule has 110 valence electrons. The number of hydrogen-bond donors (Lipinski definition) is 2. The van der Waals surface area contributed by atoms with E-state index in [2.05, 4.69) is 5.32 Å². The first-order valence-corrected chi connectivity index (χ1v) is 6.74. The first-order valence-electron chi connectivity index (χ1n) is 6.74. The molecule has 0 aromatic heterocycles. The number of rotatable bonds is 5. The van der Waals surface area contributed by atoms with Crippen LogP contribution in [-0.2, 0) is 5.60 Å². The molecule has 2 aromatic rings. The van der Waals surface area contributed by atoms with Crippen molar-refractivity contribution in [2.45, 2.75) is 12.5 Å². The molecule has 4 heteroatoms. The lowest BCUT2D eigenvalue weighted by Crippen LogP contribution is -2.38. The Hall–Kier alpha value is -2.33. The third-order valence-electron chi connectivity index (χ3n) is 3.34. The summed E-state index contributed by atoms with van der Waals surface area (Å²) in [6.45, 7) is 1.79. The highest BCUT2D eigenvalue weighted by atomic mass is 16.5. The van der Waals surface area contributed by atoms with Gasteiger partial charge in [-0.3, -0.25) is 4.79 Å². The summed E-state index contributed by atoms with van der Waals surface area (Å²) in [5.41, 5.74) is 0.0769. The molecule has 0 unspecified atom stereocenters. The van der Waals surface area contributed by atoms with Gasteiger partial charge in [0.15, 0.2) is 0 Å². The standard InChI is InChI=1S/C17H19NO3/c1-17(20,13-8-4-3-5-9-13)12-18-16(19)14-10-6-7-11-15(14)21-2/h3-11,20H,12H2,1-2H3,(H,18,19)/t17-/m1/s1. The SMILES string of the molecule is COc1ccccc1C(=O)NC[C@@](C)(O)c1ccccc1. The van der Waals surface area contributed by atoms with Gasteiger partial charge in [-0.25, -0.2) is 0 Å². The zero-order valence-corrected chi connectivity index (χ0v) is 12.2. The van der Waals surface area contributed by atoms with E-state index in [1.807, 2.05) is 30.3 Å². The molecule has 0 spiro atoms. The number of aliphatic hydroxyl groups is 1. The molecular formula is C17H19NO3. The predicted molar refractivity (Wildman–Crippen MR) is 81.3 cm³/mol. The van der Waals surface area contributed by atoms with Gasteiger partial charge in [-0.15, -0.1) is 0 Å². The number of para-hydroxylation sites is 1. The molecule has 0 heterocycles. The molecule has 0 saturated carbocycles. The maximum atomic E-state index is 12.2. The highest BCUT2D eigenvalue weighted by Gasteiger charge is 2.24. The van der Waals surface area contributed by atoms with Gasteiger partial charge in [0, 0.05) is 0 Å². The van der Waals surface area contributed by atoms with Gasteiger partial charge in [0.2, 0.25) is 0 Å². The Morgan fingerprint density at radius 1 is 1.14 bits per heavy atom. The van der Waals surface area contributed by atoms with Crippen LogP contribution in [-0.4, -0.2) is 24.7 Å². The van der Waals surface area contributed by atoms with Crippen LogP contribution >= 0.6 is 0 Å². The third-order valence-corrected chi connectivity index (χ3v) is 3.34. The van der Waals surface area contributed by atoms with Crippen molar-refractivity contribution in [3.8, 4) is 5.75 Å². The van der Waals surface area contributed by atoms with Crippen molar-refractivity contribution < 1.29 is 14.6 Å². The van der Waals surface area contributed by atoms with Crippen molar-refractivity contribution in [3.05, 3.63) is 65.7 Å². The zero-order valence-electron chi connectivity index (χ0n) is 12.2. The second kappa shape index (κ2) is 6.41. The maximum Gasteiger partial charge on any atom is 0.255 e. The molecular weight excluding hydrogens is 266 g/mol. The van der Waals surface area contributed by atoms with Crippen LogP contribution in [0.5, 0.6) is 5.75 Å². The monoisotopic (exact) mass is 285 g/mol. The second-order valence-electron chi connectivity index (χ2n) is 5.02. The second-order valence-corrected chi connectivity index (χ2v) is 5.02. The van der Waals surface area contributed by atoms with E-state index in [0.29, 0.717) is 11.3 Å². The fourth-order valence-corrected chi connectivity index (χ4v) is 2.08. The number of carbonyl (C=O) groups excluding carboxylic acids is 1. The quantitative estimate of drug-likeness (QED) is 0.886. The Morgan fingerprint density at radius 2 is 1.76 bits per heavy atom. The molecule has 4 nitrogen and oxygen atoms in total. The van der Waals surface area contributed by atoms with Gasteiger partial charge in [0.25, 0.3) is 5.91 Å². The van der Waals surface area contributed by atoms with Gasteiger partial charge >= 0.3 is 0 Å². The Morgan fingerprint density at radius 3 is 2.43 bits per heavy atom. The van der Waals surface area contributed by atoms with Gasteiger partial charge in [0.05, 0.1) is 19.2 Å². The molecule has 0 aliphatic heterocycles. The number of hydrogen-bond acceptors (Lipinski definition) is 3. The summed E-state index contributed by atoms with van der Waals surface area (Å²) in [7, 11) is 1.52. The van der Waals surface area contributed by atoms with Crippen LogP contribution in [0.15, 0.2) is 54.6 Å². The minimum atomic E-state index is -1.13. The molecule has 0 saturated heterocycles. The van der Waals surface area contributed by atoms with E-state index in [1.165, 1.54) is 7.11 Å². The lowest BCUT2D eigenvalue weighted by molar-refractivity contribution is 0.0525. The molecule has 21 heavy (non-hydrogen) atoms. The van der Waals surface area contributed by atoms with Crippen LogP contribution in [0.4, 0.5) is 0 Å². The largest absolute Gasteiger partial charge is 0.496 e. The van der Waals surface area contributed by atoms with Crippen LogP contribution in [0.2, 0.25) is 0 Å². The molecule has 0 bridgehead atoms. The number of amides is 1. The van der Waals surface area contributed by atoms with Crippen molar-refractivity contribution in [1.29, 1.82) is 0 Å². The zero-order chi connectivity index (χ0) is 15.3. The van der Waals surface area contributed by atoms with Crippen molar-refractivity contribution >= 4 is 5.91 Å². The number of methoxy groups -OCH3 is 1. The summed E-state index contributed by atoms with van der Waals surface area (Å²) in [6.07, 6.45) is 0. The first-order chi connectivity index (χ1) is 10.0. The fraction of sp³-hybridized carbons (Fsp3) is 0.235. The Labute approximate surface area is 124 Å². The van der Waals surface area contributed by atoms with Crippen molar-refractivity contribution in [2.24, 2.45) is 0 Å². The average molecular weight is 285 g/mol. The summed E-state index contributed by atoms with van der Waals surface area (Å²) >= 11 is 0. The highest BCUT2D eigenvalue weighted by molar-refractivity contribution is 5.96. The molecule has 1 atom stereocenters. The van der Waals surface area contributed by atoms with Crippen LogP contribution in [0.25, 0.3) is 0 Å². The summed E-state index contributed by atoms with van der Waals surface area (Å²) < 4.78 is 5.16. The molecule has 1 amide bonds. The normalized spacial score (nSPS) is 13.3. The Kier molecular flexibility index (Phi) is 4.60. The van der Waals surface area contributed by atoms with Gasteiger partial charge in [0.1, 0.15) is 11.4 Å². The third kappa shape index (κ3) is 3.61. The van der Waals surface area contributed by atoms with Crippen molar-refractivity contribution in [1.82, 2.24) is 5.32 Å². The fourth-order valence-electron chi connectivity index (χ4n) is 2.08. The smallest absolute Gasteiger partial charge is 0.255 e. The van der Waals surface area contributed by atoms with Crippen LogP contribution in [0, 0.1) is 0 Å². The van der Waals surface area contributed by atoms with Crippen LogP contribution < -0.4 is 10.1 Å². The van der Waals surface area contributed by atoms with Crippen molar-refractivity contribution in [2.75, 3.05) is 13.7 Å². The minimum Gasteiger partial charge on any atom is -0.496 e. The number of ether oxygens (including phenoxy) is 1. The van der Waals surface area contributed by atoms with Gasteiger partial charge in [-0.05, 0) is 24.6 Å². The van der Waals surface area contributed by atoms with E-state index in [9.17, 15) is 9.90 Å². The summed E-state index contributed by atoms with van der Waals surface area (Å²) in [5, 5.41) is 13.2. The first kappa shape index (κ1) is 15.1. The number of nitrogens with one attached hydrogen (secondary N) is 1. The number of carbonyl (C=O) groups is 1. The van der Waals surface area contributed by atoms with E-state index in [1.54, 1.807) is 31.2 Å². The van der Waals surface area contributed by atoms with Gasteiger partial charge in [-0.2, -0.15) is 0 Å². The molecule has 2 rings (SSSR count). The highest BCUT2D eigenvalue weighted by Crippen LogP contribution is 2.20. The molecule has 2 N–H and O–H groups in total. The van der Waals surface area contributed by atoms with Gasteiger partial charge < -0.3 is 15.2 Å². The van der Waals surface area contributed by atoms with Crippen LogP contribution in [0.3, 0.4) is 0 Å². The van der Waals surface area contributed by atoms with E-state index in [4.69, 9.17) is 4.74 Å². The van der Waals surface area contributed by atoms with E-state index >= 15 is 0 Å². The summed E-state index contributed by atoms with van der Waals surface area (Å²) in [4.78, 5) is 12.2. The predicted octanol–water partition coefficient (Wildman–Crippen LogP) is 2.33. The molecule has 0 aliphatic rings. The molecule has 0 aliphatic carbocycles. The number of benzene rings is 2. The van der Waals surface area contributed by atoms with E-state index in [-0.39, 0.29) is 12.5 Å². The lowest BCUT2D eigenvalue weighted by atomic mass is 9.96. The van der Waals surface area contributed by atoms with Crippen molar-refractivity contribution in [3.63, 3.8) is 0 Å². The average Bonchev–Trinajstić information content (AvgIpc) is 2.53. The van der Waals surface area contributed by atoms with Gasteiger partial charge in [-0.1, -0.05) is 42.5 Å². The summed E-state index contributed by atoms with van der Waals surface area (Å²) in [5.74, 6) is 0.234. The molecule has 0 radical (unpaired) electrons. The molecule has 0 fully saturated rings. The minimum absolute atomic E-state index is 0.119. The lowest BCUT2D eigenvalue weighted by Gasteiger charge is -2.24. The topological polar surface area (TPSA) is 58.6 Å². The Bertz CT molecular complexity index is 608. The summed E-state index contributed by atoms with van der Waals surface area (Å²) in [6, 6.07) is 16.2. The van der Waals surface area contributed by atoms with E-state index in [0.717, 1.165) is 5.56 Å². The maximum absolute atomic E-state index is 12.2. The molecule has 2 aromatic carbocycles.